The summed E-state index contributed by atoms with van der Waals surface area (Å²) in [4.78, 5) is 31.7. The molecule has 1 aliphatic heterocycles. The number of anilines is 2. The van der Waals surface area contributed by atoms with E-state index >= 15 is 0 Å². The maximum Gasteiger partial charge on any atom is 0.352 e. The first kappa shape index (κ1) is 19.2. The highest BCUT2D eigenvalue weighted by Crippen LogP contribution is 2.21. The van der Waals surface area contributed by atoms with Crippen LogP contribution in [0.4, 0.5) is 11.5 Å². The van der Waals surface area contributed by atoms with E-state index in [9.17, 15) is 9.59 Å². The lowest BCUT2D eigenvalue weighted by Crippen LogP contribution is -2.33. The molecule has 8 heteroatoms. The Bertz CT molecular complexity index is 1080. The summed E-state index contributed by atoms with van der Waals surface area (Å²) in [5, 5.41) is 7.09. The molecule has 1 fully saturated rings. The Morgan fingerprint density at radius 3 is 2.79 bits per heavy atom. The van der Waals surface area contributed by atoms with Crippen LogP contribution in [0.1, 0.15) is 32.3 Å². The third-order valence-corrected chi connectivity index (χ3v) is 5.46. The minimum Gasteiger partial charge on any atom is -0.356 e. The molecule has 2 aromatic heterocycles. The molecular formula is C21H26N6O2. The van der Waals surface area contributed by atoms with Gasteiger partial charge in [-0.2, -0.15) is 4.98 Å². The summed E-state index contributed by atoms with van der Waals surface area (Å²) >= 11 is 0. The number of benzene rings is 1. The van der Waals surface area contributed by atoms with Gasteiger partial charge < -0.3 is 10.2 Å². The van der Waals surface area contributed by atoms with Gasteiger partial charge in [0, 0.05) is 25.0 Å². The van der Waals surface area contributed by atoms with Gasteiger partial charge in [0.05, 0.1) is 0 Å². The van der Waals surface area contributed by atoms with Gasteiger partial charge in [-0.25, -0.2) is 13.9 Å². The molecule has 1 amide bonds. The van der Waals surface area contributed by atoms with Crippen molar-refractivity contribution in [2.75, 3.05) is 23.3 Å². The Morgan fingerprint density at radius 2 is 2.03 bits per heavy atom. The van der Waals surface area contributed by atoms with E-state index in [4.69, 9.17) is 0 Å². The zero-order chi connectivity index (χ0) is 20.4. The molecule has 0 unspecified atom stereocenters. The van der Waals surface area contributed by atoms with Crippen molar-refractivity contribution in [3.8, 4) is 0 Å². The average molecular weight is 394 g/mol. The number of carbonyl (C=O) groups is 1. The maximum absolute atomic E-state index is 12.6. The molecule has 0 saturated carbocycles. The van der Waals surface area contributed by atoms with E-state index in [0.29, 0.717) is 11.5 Å². The van der Waals surface area contributed by atoms with Crippen molar-refractivity contribution in [1.82, 2.24) is 19.2 Å². The summed E-state index contributed by atoms with van der Waals surface area (Å²) in [6.45, 7) is 6.07. The lowest BCUT2D eigenvalue weighted by Gasteiger charge is -2.30. The number of aromatic nitrogens is 4. The monoisotopic (exact) mass is 394 g/mol. The van der Waals surface area contributed by atoms with Gasteiger partial charge in [-0.15, -0.1) is 5.10 Å². The SMILES string of the molecule is CCc1cccc(NC(=O)Cn2nc3nc(N4CCC(C)CC4)ccn3c2=O)c1. The summed E-state index contributed by atoms with van der Waals surface area (Å²) in [6.07, 6.45) is 4.84. The summed E-state index contributed by atoms with van der Waals surface area (Å²) in [5.41, 5.74) is 1.48. The van der Waals surface area contributed by atoms with E-state index in [0.717, 1.165) is 54.3 Å². The largest absolute Gasteiger partial charge is 0.356 e. The Labute approximate surface area is 169 Å². The first-order valence-electron chi connectivity index (χ1n) is 10.1. The van der Waals surface area contributed by atoms with Crippen LogP contribution in [0.15, 0.2) is 41.3 Å². The van der Waals surface area contributed by atoms with E-state index in [2.05, 4.69) is 34.1 Å². The number of fused-ring (bicyclic) bond motifs is 1. The second-order valence-corrected chi connectivity index (χ2v) is 7.67. The van der Waals surface area contributed by atoms with E-state index in [1.165, 1.54) is 4.40 Å². The summed E-state index contributed by atoms with van der Waals surface area (Å²) < 4.78 is 2.53. The molecule has 152 valence electrons. The average Bonchev–Trinajstić information content (AvgIpc) is 3.03. The molecule has 4 rings (SSSR count). The molecule has 3 aromatic rings. The molecule has 1 N–H and O–H groups in total. The normalized spacial score (nSPS) is 15.0. The first-order chi connectivity index (χ1) is 14.0. The topological polar surface area (TPSA) is 84.5 Å². The molecular weight excluding hydrogens is 368 g/mol. The third kappa shape index (κ3) is 4.16. The van der Waals surface area contributed by atoms with Crippen LogP contribution in [0.5, 0.6) is 0 Å². The highest BCUT2D eigenvalue weighted by atomic mass is 16.2. The molecule has 0 aliphatic carbocycles. The van der Waals surface area contributed by atoms with Crippen molar-refractivity contribution < 1.29 is 4.79 Å². The number of amides is 1. The van der Waals surface area contributed by atoms with Gasteiger partial charge in [0.2, 0.25) is 5.91 Å². The second-order valence-electron chi connectivity index (χ2n) is 7.67. The van der Waals surface area contributed by atoms with Crippen molar-refractivity contribution in [1.29, 1.82) is 0 Å². The van der Waals surface area contributed by atoms with E-state index in [-0.39, 0.29) is 18.1 Å². The summed E-state index contributed by atoms with van der Waals surface area (Å²) in [7, 11) is 0. The molecule has 1 saturated heterocycles. The Hall–Kier alpha value is -3.16. The van der Waals surface area contributed by atoms with Gasteiger partial charge in [-0.1, -0.05) is 26.0 Å². The maximum atomic E-state index is 12.6. The predicted octanol–water partition coefficient (Wildman–Crippen LogP) is 2.33. The highest BCUT2D eigenvalue weighted by Gasteiger charge is 2.19. The molecule has 1 aliphatic rings. The van der Waals surface area contributed by atoms with E-state index in [1.54, 1.807) is 6.20 Å². The highest BCUT2D eigenvalue weighted by molar-refractivity contribution is 5.90. The molecule has 0 radical (unpaired) electrons. The van der Waals surface area contributed by atoms with Gasteiger partial charge in [0.15, 0.2) is 0 Å². The van der Waals surface area contributed by atoms with Gasteiger partial charge >= 0.3 is 5.69 Å². The lowest BCUT2D eigenvalue weighted by molar-refractivity contribution is -0.117. The van der Waals surface area contributed by atoms with Gasteiger partial charge in [-0.3, -0.25) is 4.79 Å². The Morgan fingerprint density at radius 1 is 1.24 bits per heavy atom. The molecule has 29 heavy (non-hydrogen) atoms. The number of aryl methyl sites for hydroxylation is 1. The van der Waals surface area contributed by atoms with E-state index in [1.807, 2.05) is 30.3 Å². The van der Waals surface area contributed by atoms with Gasteiger partial charge in [0.1, 0.15) is 12.4 Å². The van der Waals surface area contributed by atoms with Crippen LogP contribution < -0.4 is 15.9 Å². The number of rotatable bonds is 5. The minimum absolute atomic E-state index is 0.158. The fourth-order valence-electron chi connectivity index (χ4n) is 3.62. The molecule has 1 aromatic carbocycles. The van der Waals surface area contributed by atoms with Crippen molar-refractivity contribution in [3.05, 3.63) is 52.6 Å². The van der Waals surface area contributed by atoms with Crippen LogP contribution >= 0.6 is 0 Å². The number of hydrogen-bond acceptors (Lipinski definition) is 5. The number of nitrogens with one attached hydrogen (secondary N) is 1. The zero-order valence-electron chi connectivity index (χ0n) is 16.8. The van der Waals surface area contributed by atoms with Crippen LogP contribution in [0, 0.1) is 5.92 Å². The van der Waals surface area contributed by atoms with Crippen LogP contribution in [0.25, 0.3) is 5.78 Å². The number of piperidine rings is 1. The van der Waals surface area contributed by atoms with Crippen molar-refractivity contribution in [2.45, 2.75) is 39.7 Å². The molecule has 8 nitrogen and oxygen atoms in total. The second kappa shape index (κ2) is 8.06. The standard InChI is InChI=1S/C21H26N6O2/c1-3-16-5-4-6-17(13-16)22-19(28)14-27-21(29)26-12-9-18(23-20(26)24-27)25-10-7-15(2)8-11-25/h4-6,9,12-13,15H,3,7-8,10-11,14H2,1-2H3,(H,22,28). The summed E-state index contributed by atoms with van der Waals surface area (Å²) in [6, 6.07) is 9.51. The summed E-state index contributed by atoms with van der Waals surface area (Å²) in [5.74, 6) is 1.57. The quantitative estimate of drug-likeness (QED) is 0.718. The fraction of sp³-hybridized carbons (Fsp3) is 0.429. The Kier molecular flexibility index (Phi) is 5.33. The fourth-order valence-corrected chi connectivity index (χ4v) is 3.62. The Balaban J connectivity index is 1.51. The molecule has 0 spiro atoms. The van der Waals surface area contributed by atoms with Gasteiger partial charge in [-0.05, 0) is 48.9 Å². The molecule has 3 heterocycles. The zero-order valence-corrected chi connectivity index (χ0v) is 16.8. The number of hydrogen-bond donors (Lipinski definition) is 1. The third-order valence-electron chi connectivity index (χ3n) is 5.46. The predicted molar refractivity (Wildman–Crippen MR) is 112 cm³/mol. The van der Waals surface area contributed by atoms with Crippen LogP contribution in [0.3, 0.4) is 0 Å². The minimum atomic E-state index is -0.372. The van der Waals surface area contributed by atoms with Crippen molar-refractivity contribution in [3.63, 3.8) is 0 Å². The number of nitrogens with zero attached hydrogens (tertiary/aromatic N) is 5. The van der Waals surface area contributed by atoms with E-state index < -0.39 is 0 Å². The molecule has 0 atom stereocenters. The van der Waals surface area contributed by atoms with Gasteiger partial charge in [0.25, 0.3) is 5.78 Å². The molecule has 0 bridgehead atoms. The van der Waals surface area contributed by atoms with Crippen LogP contribution in [-0.2, 0) is 17.8 Å². The van der Waals surface area contributed by atoms with Crippen LogP contribution in [-0.4, -0.2) is 38.2 Å². The first-order valence-corrected chi connectivity index (χ1v) is 10.1. The van der Waals surface area contributed by atoms with Crippen LogP contribution in [0.2, 0.25) is 0 Å². The van der Waals surface area contributed by atoms with Crippen molar-refractivity contribution in [2.24, 2.45) is 5.92 Å². The lowest BCUT2D eigenvalue weighted by atomic mass is 9.99. The number of carbonyl (C=O) groups excluding carboxylic acids is 1. The van der Waals surface area contributed by atoms with Crippen molar-refractivity contribution >= 4 is 23.2 Å². The smallest absolute Gasteiger partial charge is 0.352 e.